The smallest absolute Gasteiger partial charge is 0.133 e. The first kappa shape index (κ1) is 15.4. The number of hydrogen-bond acceptors (Lipinski definition) is 4. The van der Waals surface area contributed by atoms with Gasteiger partial charge in [-0.2, -0.15) is 5.26 Å². The molecule has 0 fully saturated rings. The lowest BCUT2D eigenvalue weighted by molar-refractivity contribution is 0.112. The monoisotopic (exact) mass is 299 g/mol. The minimum absolute atomic E-state index is 0.501. The zero-order valence-electron chi connectivity index (χ0n) is 11.7. The van der Waals surface area contributed by atoms with Gasteiger partial charge in [0.15, 0.2) is 0 Å². The molecule has 3 nitrogen and oxygen atoms in total. The van der Waals surface area contributed by atoms with E-state index < -0.39 is 0 Å². The van der Waals surface area contributed by atoms with Crippen LogP contribution in [0.1, 0.15) is 0 Å². The highest BCUT2D eigenvalue weighted by molar-refractivity contribution is 8.03. The molecule has 0 saturated heterocycles. The van der Waals surface area contributed by atoms with E-state index in [0.29, 0.717) is 25.6 Å². The van der Waals surface area contributed by atoms with Gasteiger partial charge in [0.25, 0.3) is 0 Å². The molecule has 108 valence electrons. The first-order valence-corrected chi connectivity index (χ1v) is 7.76. The molecule has 0 atom stereocenters. The average Bonchev–Trinajstić information content (AvgIpc) is 2.55. The normalized spacial score (nSPS) is 10.0. The second-order valence-electron chi connectivity index (χ2n) is 4.26. The minimum Gasteiger partial charge on any atom is -0.491 e. The lowest BCUT2D eigenvalue weighted by atomic mass is 10.1. The third kappa shape index (κ3) is 5.14. The molecule has 0 bridgehead atoms. The molecule has 0 aliphatic rings. The van der Waals surface area contributed by atoms with Gasteiger partial charge in [-0.1, -0.05) is 48.5 Å². The van der Waals surface area contributed by atoms with E-state index in [4.69, 9.17) is 14.7 Å². The molecule has 0 amide bonds. The maximum absolute atomic E-state index is 8.39. The molecule has 2 aromatic carbocycles. The van der Waals surface area contributed by atoms with Crippen molar-refractivity contribution in [1.29, 1.82) is 5.26 Å². The van der Waals surface area contributed by atoms with Crippen molar-refractivity contribution in [2.45, 2.75) is 0 Å². The number of nitriles is 1. The second kappa shape index (κ2) is 9.06. The summed E-state index contributed by atoms with van der Waals surface area (Å²) in [6.07, 6.45) is 0. The average molecular weight is 299 g/mol. The van der Waals surface area contributed by atoms with Crippen molar-refractivity contribution in [3.63, 3.8) is 0 Å². The van der Waals surface area contributed by atoms with E-state index in [1.165, 1.54) is 11.8 Å². The number of para-hydroxylation sites is 1. The maximum atomic E-state index is 8.39. The lowest BCUT2D eigenvalue weighted by Crippen LogP contribution is -2.08. The first-order valence-electron chi connectivity index (χ1n) is 6.77. The van der Waals surface area contributed by atoms with Crippen molar-refractivity contribution >= 4 is 11.8 Å². The van der Waals surface area contributed by atoms with E-state index in [0.717, 1.165) is 16.9 Å². The van der Waals surface area contributed by atoms with Gasteiger partial charge in [0, 0.05) is 11.3 Å². The Morgan fingerprint density at radius 1 is 0.905 bits per heavy atom. The molecule has 2 aromatic rings. The summed E-state index contributed by atoms with van der Waals surface area (Å²) in [4.78, 5) is 0. The molecule has 0 unspecified atom stereocenters. The molecule has 0 heterocycles. The van der Waals surface area contributed by atoms with Crippen molar-refractivity contribution in [3.8, 4) is 22.3 Å². The zero-order chi connectivity index (χ0) is 14.8. The molecule has 0 aliphatic heterocycles. The van der Waals surface area contributed by atoms with Crippen LogP contribution in [0.3, 0.4) is 0 Å². The van der Waals surface area contributed by atoms with Crippen LogP contribution in [0.4, 0.5) is 0 Å². The fourth-order valence-corrected chi connectivity index (χ4v) is 2.20. The van der Waals surface area contributed by atoms with Crippen LogP contribution >= 0.6 is 11.8 Å². The number of benzene rings is 2. The predicted molar refractivity (Wildman–Crippen MR) is 86.3 cm³/mol. The lowest BCUT2D eigenvalue weighted by Gasteiger charge is -2.11. The van der Waals surface area contributed by atoms with Crippen molar-refractivity contribution in [1.82, 2.24) is 0 Å². The summed E-state index contributed by atoms with van der Waals surface area (Å²) in [6, 6.07) is 18.2. The molecule has 0 radical (unpaired) electrons. The number of thioether (sulfide) groups is 1. The molecule has 0 spiro atoms. The Morgan fingerprint density at radius 3 is 2.48 bits per heavy atom. The third-order valence-electron chi connectivity index (χ3n) is 2.85. The topological polar surface area (TPSA) is 42.2 Å². The van der Waals surface area contributed by atoms with E-state index in [2.05, 4.69) is 18.2 Å². The summed E-state index contributed by atoms with van der Waals surface area (Å²) in [5, 5.41) is 10.4. The van der Waals surface area contributed by atoms with Gasteiger partial charge in [-0.3, -0.25) is 0 Å². The van der Waals surface area contributed by atoms with Crippen LogP contribution in [-0.2, 0) is 4.74 Å². The molecular weight excluding hydrogens is 282 g/mol. The zero-order valence-corrected chi connectivity index (χ0v) is 12.5. The fourth-order valence-electron chi connectivity index (χ4n) is 1.91. The Kier molecular flexibility index (Phi) is 6.66. The van der Waals surface area contributed by atoms with Gasteiger partial charge < -0.3 is 9.47 Å². The Balaban J connectivity index is 1.85. The van der Waals surface area contributed by atoms with E-state index in [1.807, 2.05) is 41.8 Å². The van der Waals surface area contributed by atoms with Crippen molar-refractivity contribution in [2.75, 3.05) is 25.6 Å². The molecule has 0 aromatic heterocycles. The summed E-state index contributed by atoms with van der Waals surface area (Å²) < 4.78 is 11.2. The van der Waals surface area contributed by atoms with Crippen LogP contribution in [0.25, 0.3) is 11.1 Å². The number of hydrogen-bond donors (Lipinski definition) is 0. The highest BCUT2D eigenvalue weighted by Gasteiger charge is 2.04. The molecule has 0 N–H and O–H groups in total. The largest absolute Gasteiger partial charge is 0.491 e. The summed E-state index contributed by atoms with van der Waals surface area (Å²) in [5.41, 5.74) is 2.22. The van der Waals surface area contributed by atoms with Gasteiger partial charge in [0.2, 0.25) is 0 Å². The van der Waals surface area contributed by atoms with Gasteiger partial charge in [-0.05, 0) is 23.4 Å². The number of ether oxygens (including phenoxy) is 2. The van der Waals surface area contributed by atoms with Crippen LogP contribution in [0, 0.1) is 10.7 Å². The summed E-state index contributed by atoms with van der Waals surface area (Å²) in [6.45, 7) is 1.60. The Labute approximate surface area is 129 Å². The van der Waals surface area contributed by atoms with Crippen molar-refractivity contribution < 1.29 is 9.47 Å². The molecule has 21 heavy (non-hydrogen) atoms. The maximum Gasteiger partial charge on any atom is 0.133 e. The summed E-state index contributed by atoms with van der Waals surface area (Å²) in [7, 11) is 0. The van der Waals surface area contributed by atoms with Gasteiger partial charge in [-0.15, -0.1) is 0 Å². The number of nitrogens with zero attached hydrogens (tertiary/aromatic N) is 1. The fraction of sp³-hybridized carbons (Fsp3) is 0.235. The van der Waals surface area contributed by atoms with Crippen LogP contribution in [-0.4, -0.2) is 25.6 Å². The van der Waals surface area contributed by atoms with E-state index in [9.17, 15) is 0 Å². The van der Waals surface area contributed by atoms with Crippen molar-refractivity contribution in [2.24, 2.45) is 0 Å². The predicted octanol–water partition coefficient (Wildman–Crippen LogP) is 3.96. The molecule has 0 aliphatic carbocycles. The van der Waals surface area contributed by atoms with Gasteiger partial charge in [0.1, 0.15) is 17.8 Å². The standard InChI is InChI=1S/C17H17NO2S/c18-14-21-13-12-19-10-11-20-17-9-5-4-8-16(17)15-6-2-1-3-7-15/h1-9H,10-13H2. The van der Waals surface area contributed by atoms with Crippen LogP contribution in [0.2, 0.25) is 0 Å². The summed E-state index contributed by atoms with van der Waals surface area (Å²) >= 11 is 1.20. The first-order chi connectivity index (χ1) is 10.4. The molecular formula is C17H17NO2S. The Bertz CT molecular complexity index is 581. The van der Waals surface area contributed by atoms with Crippen LogP contribution < -0.4 is 4.74 Å². The van der Waals surface area contributed by atoms with Gasteiger partial charge >= 0.3 is 0 Å². The van der Waals surface area contributed by atoms with Crippen LogP contribution in [0.15, 0.2) is 54.6 Å². The highest BCUT2D eigenvalue weighted by Crippen LogP contribution is 2.29. The Hall–Kier alpha value is -1.96. The van der Waals surface area contributed by atoms with E-state index >= 15 is 0 Å². The van der Waals surface area contributed by atoms with E-state index in [-0.39, 0.29) is 0 Å². The van der Waals surface area contributed by atoms with Gasteiger partial charge in [-0.25, -0.2) is 0 Å². The van der Waals surface area contributed by atoms with Crippen molar-refractivity contribution in [3.05, 3.63) is 54.6 Å². The molecule has 4 heteroatoms. The second-order valence-corrected chi connectivity index (χ2v) is 5.14. The molecule has 2 rings (SSSR count). The number of rotatable bonds is 8. The minimum atomic E-state index is 0.501. The van der Waals surface area contributed by atoms with Crippen LogP contribution in [0.5, 0.6) is 5.75 Å². The quantitative estimate of drug-likeness (QED) is 0.546. The SMILES string of the molecule is N#CSCCOCCOc1ccccc1-c1ccccc1. The third-order valence-corrected chi connectivity index (χ3v) is 3.35. The van der Waals surface area contributed by atoms with Gasteiger partial charge in [0.05, 0.1) is 13.2 Å². The summed E-state index contributed by atoms with van der Waals surface area (Å²) in [5.74, 6) is 1.55. The highest BCUT2D eigenvalue weighted by atomic mass is 32.2. The van der Waals surface area contributed by atoms with E-state index in [1.54, 1.807) is 0 Å². The number of thiocyanates is 1. The Morgan fingerprint density at radius 2 is 1.67 bits per heavy atom. The molecule has 0 saturated carbocycles.